The summed E-state index contributed by atoms with van der Waals surface area (Å²) in [7, 11) is -0.0508. The quantitative estimate of drug-likeness (QED) is 0.709. The number of likely N-dealkylation sites (N-methyl/N-ethyl adjacent to an activating group) is 1. The van der Waals surface area contributed by atoms with E-state index in [1.807, 2.05) is 45.2 Å². The molecule has 1 unspecified atom stereocenters. The Morgan fingerprint density at radius 3 is 2.32 bits per heavy atom. The van der Waals surface area contributed by atoms with E-state index in [-0.39, 0.29) is 16.8 Å². The van der Waals surface area contributed by atoms with Crippen LogP contribution in [0.2, 0.25) is 0 Å². The lowest BCUT2D eigenvalue weighted by Gasteiger charge is -2.31. The van der Waals surface area contributed by atoms with Gasteiger partial charge >= 0.3 is 0 Å². The summed E-state index contributed by atoms with van der Waals surface area (Å²) >= 11 is 0. The first kappa shape index (κ1) is 23.2. The lowest BCUT2D eigenvalue weighted by atomic mass is 10.0. The Bertz CT molecular complexity index is 1010. The molecular formula is C23H31N3O4S. The fraction of sp³-hybridized carbons (Fsp3) is 0.435. The summed E-state index contributed by atoms with van der Waals surface area (Å²) in [6.07, 6.45) is 0.705. The number of benzene rings is 2. The van der Waals surface area contributed by atoms with Gasteiger partial charge in [-0.25, -0.2) is 8.42 Å². The maximum Gasteiger partial charge on any atom is 0.252 e. The minimum Gasteiger partial charge on any atom is -0.497 e. The number of amides is 1. The number of carbonyl (C=O) groups excluding carboxylic acids is 1. The molecule has 2 aromatic rings. The van der Waals surface area contributed by atoms with Crippen molar-refractivity contribution in [1.29, 1.82) is 0 Å². The summed E-state index contributed by atoms with van der Waals surface area (Å²) in [5.74, 6) is 0.471. The molecule has 3 rings (SSSR count). The number of carbonyl (C=O) groups is 1. The van der Waals surface area contributed by atoms with E-state index >= 15 is 0 Å². The zero-order valence-electron chi connectivity index (χ0n) is 18.6. The highest BCUT2D eigenvalue weighted by atomic mass is 32.2. The van der Waals surface area contributed by atoms with E-state index in [4.69, 9.17) is 4.74 Å². The van der Waals surface area contributed by atoms with Crippen molar-refractivity contribution in [2.24, 2.45) is 0 Å². The SMILES string of the molecule is CCC(NC(=O)c1cc(S(=O)(=O)N2CCN(C)CC2)ccc1C)c1ccc(OC)cc1. The average molecular weight is 446 g/mol. The van der Waals surface area contributed by atoms with Gasteiger partial charge in [-0.05, 0) is 55.8 Å². The van der Waals surface area contributed by atoms with Gasteiger partial charge in [0.25, 0.3) is 5.91 Å². The minimum absolute atomic E-state index is 0.158. The number of rotatable bonds is 7. The van der Waals surface area contributed by atoms with Gasteiger partial charge in [-0.2, -0.15) is 4.31 Å². The van der Waals surface area contributed by atoms with E-state index < -0.39 is 10.0 Å². The number of sulfonamides is 1. The number of hydrogen-bond acceptors (Lipinski definition) is 5. The van der Waals surface area contributed by atoms with Crippen LogP contribution in [0.25, 0.3) is 0 Å². The van der Waals surface area contributed by atoms with Crippen LogP contribution in [0.1, 0.15) is 40.9 Å². The van der Waals surface area contributed by atoms with Crippen LogP contribution in [0.5, 0.6) is 5.75 Å². The van der Waals surface area contributed by atoms with Crippen molar-refractivity contribution in [3.63, 3.8) is 0 Å². The first-order valence-electron chi connectivity index (χ1n) is 10.5. The second-order valence-electron chi connectivity index (χ2n) is 7.89. The molecule has 1 heterocycles. The predicted octanol–water partition coefficient (Wildman–Crippen LogP) is 2.82. The Morgan fingerprint density at radius 2 is 1.74 bits per heavy atom. The summed E-state index contributed by atoms with van der Waals surface area (Å²) in [6.45, 7) is 6.09. The van der Waals surface area contributed by atoms with Gasteiger partial charge in [-0.1, -0.05) is 25.1 Å². The Labute approximate surface area is 185 Å². The summed E-state index contributed by atoms with van der Waals surface area (Å²) in [6, 6.07) is 12.2. The molecule has 8 heteroatoms. The molecule has 31 heavy (non-hydrogen) atoms. The lowest BCUT2D eigenvalue weighted by molar-refractivity contribution is 0.0934. The Balaban J connectivity index is 1.82. The van der Waals surface area contributed by atoms with Gasteiger partial charge in [0.05, 0.1) is 18.0 Å². The highest BCUT2D eigenvalue weighted by Crippen LogP contribution is 2.24. The maximum absolute atomic E-state index is 13.1. The van der Waals surface area contributed by atoms with Gasteiger partial charge in [0.1, 0.15) is 5.75 Å². The van der Waals surface area contributed by atoms with Crippen LogP contribution in [-0.2, 0) is 10.0 Å². The van der Waals surface area contributed by atoms with Crippen molar-refractivity contribution >= 4 is 15.9 Å². The molecule has 2 aromatic carbocycles. The van der Waals surface area contributed by atoms with Crippen molar-refractivity contribution in [1.82, 2.24) is 14.5 Å². The van der Waals surface area contributed by atoms with Crippen molar-refractivity contribution < 1.29 is 17.9 Å². The summed E-state index contributed by atoms with van der Waals surface area (Å²) in [4.78, 5) is 15.3. The molecule has 0 radical (unpaired) electrons. The molecule has 1 aliphatic heterocycles. The van der Waals surface area contributed by atoms with Gasteiger partial charge < -0.3 is 15.0 Å². The van der Waals surface area contributed by atoms with Crippen LogP contribution < -0.4 is 10.1 Å². The lowest BCUT2D eigenvalue weighted by Crippen LogP contribution is -2.47. The predicted molar refractivity (Wildman–Crippen MR) is 121 cm³/mol. The zero-order valence-corrected chi connectivity index (χ0v) is 19.4. The topological polar surface area (TPSA) is 79.0 Å². The van der Waals surface area contributed by atoms with Crippen molar-refractivity contribution in [2.45, 2.75) is 31.2 Å². The molecule has 1 saturated heterocycles. The molecule has 1 amide bonds. The molecule has 0 bridgehead atoms. The van der Waals surface area contributed by atoms with Crippen LogP contribution in [0, 0.1) is 6.92 Å². The molecule has 1 N–H and O–H groups in total. The third kappa shape index (κ3) is 5.26. The van der Waals surface area contributed by atoms with E-state index in [0.29, 0.717) is 38.2 Å². The smallest absolute Gasteiger partial charge is 0.252 e. The normalized spacial score (nSPS) is 16.6. The number of aryl methyl sites for hydroxylation is 1. The number of hydrogen-bond donors (Lipinski definition) is 1. The monoisotopic (exact) mass is 445 g/mol. The molecule has 0 spiro atoms. The number of piperazine rings is 1. The second-order valence-corrected chi connectivity index (χ2v) is 9.83. The van der Waals surface area contributed by atoms with Crippen molar-refractivity contribution in [3.8, 4) is 5.75 Å². The molecule has 7 nitrogen and oxygen atoms in total. The van der Waals surface area contributed by atoms with Gasteiger partial charge in [-0.15, -0.1) is 0 Å². The first-order chi connectivity index (χ1) is 14.8. The number of methoxy groups -OCH3 is 1. The second kappa shape index (κ2) is 9.80. The summed E-state index contributed by atoms with van der Waals surface area (Å²) in [5, 5.41) is 3.05. The molecule has 0 saturated carbocycles. The third-order valence-electron chi connectivity index (χ3n) is 5.79. The molecule has 1 fully saturated rings. The minimum atomic E-state index is -3.64. The van der Waals surface area contributed by atoms with Crippen LogP contribution in [-0.4, -0.2) is 63.9 Å². The fourth-order valence-electron chi connectivity index (χ4n) is 3.68. The van der Waals surface area contributed by atoms with Crippen LogP contribution in [0.3, 0.4) is 0 Å². The molecule has 0 aliphatic carbocycles. The van der Waals surface area contributed by atoms with Crippen LogP contribution >= 0.6 is 0 Å². The standard InChI is InChI=1S/C23H31N3O4S/c1-5-22(18-7-9-19(30-4)10-8-18)24-23(27)21-16-20(11-6-17(21)2)31(28,29)26-14-12-25(3)13-15-26/h6-11,16,22H,5,12-15H2,1-4H3,(H,24,27). The van der Waals surface area contributed by atoms with E-state index in [2.05, 4.69) is 10.2 Å². The summed E-state index contributed by atoms with van der Waals surface area (Å²) in [5.41, 5.74) is 2.08. The number of nitrogens with one attached hydrogen (secondary N) is 1. The van der Waals surface area contributed by atoms with Crippen molar-refractivity contribution in [3.05, 3.63) is 59.2 Å². The largest absolute Gasteiger partial charge is 0.497 e. The van der Waals surface area contributed by atoms with Crippen molar-refractivity contribution in [2.75, 3.05) is 40.3 Å². The average Bonchev–Trinajstić information content (AvgIpc) is 2.78. The summed E-state index contributed by atoms with van der Waals surface area (Å²) < 4.78 is 32.9. The zero-order chi connectivity index (χ0) is 22.6. The maximum atomic E-state index is 13.1. The molecule has 0 aromatic heterocycles. The molecule has 1 aliphatic rings. The fourth-order valence-corrected chi connectivity index (χ4v) is 5.13. The van der Waals surface area contributed by atoms with Gasteiger partial charge in [0.2, 0.25) is 10.0 Å². The van der Waals surface area contributed by atoms with Gasteiger partial charge in [0, 0.05) is 31.7 Å². The number of nitrogens with zero attached hydrogens (tertiary/aromatic N) is 2. The Kier molecular flexibility index (Phi) is 7.35. The third-order valence-corrected chi connectivity index (χ3v) is 7.68. The Morgan fingerprint density at radius 1 is 1.10 bits per heavy atom. The van der Waals surface area contributed by atoms with E-state index in [1.54, 1.807) is 19.2 Å². The first-order valence-corrected chi connectivity index (χ1v) is 11.9. The number of ether oxygens (including phenoxy) is 1. The van der Waals surface area contributed by atoms with Crippen LogP contribution in [0.15, 0.2) is 47.4 Å². The van der Waals surface area contributed by atoms with Crippen LogP contribution in [0.4, 0.5) is 0 Å². The van der Waals surface area contributed by atoms with Gasteiger partial charge in [0.15, 0.2) is 0 Å². The van der Waals surface area contributed by atoms with E-state index in [9.17, 15) is 13.2 Å². The Hall–Kier alpha value is -2.42. The highest BCUT2D eigenvalue weighted by molar-refractivity contribution is 7.89. The highest BCUT2D eigenvalue weighted by Gasteiger charge is 2.28. The molecule has 168 valence electrons. The van der Waals surface area contributed by atoms with E-state index in [1.165, 1.54) is 10.4 Å². The molecule has 1 atom stereocenters. The van der Waals surface area contributed by atoms with Gasteiger partial charge in [-0.3, -0.25) is 4.79 Å². The molecular weight excluding hydrogens is 414 g/mol. The van der Waals surface area contributed by atoms with E-state index in [0.717, 1.165) is 16.9 Å².